The van der Waals surface area contributed by atoms with E-state index in [9.17, 15) is 9.18 Å². The Labute approximate surface area is 128 Å². The van der Waals surface area contributed by atoms with Crippen molar-refractivity contribution in [3.05, 3.63) is 47.8 Å². The van der Waals surface area contributed by atoms with Crippen LogP contribution in [0.3, 0.4) is 0 Å². The van der Waals surface area contributed by atoms with Crippen LogP contribution in [0.15, 0.2) is 36.4 Å². The van der Waals surface area contributed by atoms with Crippen LogP contribution in [-0.4, -0.2) is 22.1 Å². The monoisotopic (exact) mass is 300 g/mol. The molecule has 1 aromatic carbocycles. The minimum atomic E-state index is -0.563. The van der Waals surface area contributed by atoms with Crippen molar-refractivity contribution in [3.63, 3.8) is 0 Å². The Balaban J connectivity index is 1.63. The fourth-order valence-electron chi connectivity index (χ4n) is 2.58. The lowest BCUT2D eigenvalue weighted by Crippen LogP contribution is -2.17. The van der Waals surface area contributed by atoms with Gasteiger partial charge in [0.05, 0.1) is 5.56 Å². The van der Waals surface area contributed by atoms with Crippen molar-refractivity contribution in [2.75, 3.05) is 10.6 Å². The molecule has 1 aliphatic carbocycles. The van der Waals surface area contributed by atoms with Crippen LogP contribution in [0.25, 0.3) is 0 Å². The quantitative estimate of drug-likeness (QED) is 0.909. The summed E-state index contributed by atoms with van der Waals surface area (Å²) in [5.74, 6) is -0.114. The zero-order chi connectivity index (χ0) is 15.4. The van der Waals surface area contributed by atoms with Crippen molar-refractivity contribution >= 4 is 17.5 Å². The van der Waals surface area contributed by atoms with Crippen molar-refractivity contribution < 1.29 is 9.18 Å². The minimum Gasteiger partial charge on any atom is -0.366 e. The van der Waals surface area contributed by atoms with Crippen molar-refractivity contribution in [1.82, 2.24) is 10.2 Å². The standard InChI is InChI=1S/C16H17FN4O/c17-13-8-4-3-7-12(13)16(22)19-15-10-9-14(20-21-15)18-11-5-1-2-6-11/h3-4,7-11H,1-2,5-6H2,(H,18,20)(H,19,21,22). The molecule has 1 amide bonds. The Morgan fingerprint density at radius 3 is 2.41 bits per heavy atom. The van der Waals surface area contributed by atoms with E-state index in [0.717, 1.165) is 12.8 Å². The van der Waals surface area contributed by atoms with Crippen LogP contribution in [0.2, 0.25) is 0 Å². The molecule has 0 atom stereocenters. The maximum atomic E-state index is 13.5. The van der Waals surface area contributed by atoms with E-state index < -0.39 is 11.7 Å². The number of nitrogens with zero attached hydrogens (tertiary/aromatic N) is 2. The normalized spacial score (nSPS) is 14.8. The first kappa shape index (κ1) is 14.4. The van der Waals surface area contributed by atoms with E-state index in [-0.39, 0.29) is 5.56 Å². The van der Waals surface area contributed by atoms with E-state index in [4.69, 9.17) is 0 Å². The first-order chi connectivity index (χ1) is 10.7. The van der Waals surface area contributed by atoms with Crippen molar-refractivity contribution in [3.8, 4) is 0 Å². The number of anilines is 2. The van der Waals surface area contributed by atoms with Gasteiger partial charge >= 0.3 is 0 Å². The Kier molecular flexibility index (Phi) is 4.27. The molecule has 5 nitrogen and oxygen atoms in total. The summed E-state index contributed by atoms with van der Waals surface area (Å²) in [4.78, 5) is 12.0. The maximum absolute atomic E-state index is 13.5. The fourth-order valence-corrected chi connectivity index (χ4v) is 2.58. The van der Waals surface area contributed by atoms with E-state index in [0.29, 0.717) is 17.7 Å². The second-order valence-corrected chi connectivity index (χ2v) is 5.36. The zero-order valence-corrected chi connectivity index (χ0v) is 12.1. The van der Waals surface area contributed by atoms with Crippen molar-refractivity contribution in [2.24, 2.45) is 0 Å². The molecular weight excluding hydrogens is 283 g/mol. The minimum absolute atomic E-state index is 0.0162. The smallest absolute Gasteiger partial charge is 0.259 e. The SMILES string of the molecule is O=C(Nc1ccc(NC2CCCC2)nn1)c1ccccc1F. The summed E-state index contributed by atoms with van der Waals surface area (Å²) in [6.07, 6.45) is 4.77. The highest BCUT2D eigenvalue weighted by Crippen LogP contribution is 2.21. The molecule has 0 aliphatic heterocycles. The fraction of sp³-hybridized carbons (Fsp3) is 0.312. The Bertz CT molecular complexity index is 653. The Morgan fingerprint density at radius 2 is 1.73 bits per heavy atom. The molecule has 2 aromatic rings. The molecule has 0 unspecified atom stereocenters. The van der Waals surface area contributed by atoms with Crippen LogP contribution in [0, 0.1) is 5.82 Å². The number of amides is 1. The number of hydrogen-bond donors (Lipinski definition) is 2. The van der Waals surface area contributed by atoms with Crippen molar-refractivity contribution in [1.29, 1.82) is 0 Å². The lowest BCUT2D eigenvalue weighted by molar-refractivity contribution is 0.102. The molecule has 0 saturated heterocycles. The largest absolute Gasteiger partial charge is 0.366 e. The summed E-state index contributed by atoms with van der Waals surface area (Å²) < 4.78 is 13.5. The van der Waals surface area contributed by atoms with Gasteiger partial charge in [0.25, 0.3) is 5.91 Å². The highest BCUT2D eigenvalue weighted by atomic mass is 19.1. The second-order valence-electron chi connectivity index (χ2n) is 5.36. The number of benzene rings is 1. The summed E-state index contributed by atoms with van der Waals surface area (Å²) in [5, 5.41) is 13.8. The zero-order valence-electron chi connectivity index (χ0n) is 12.1. The van der Waals surface area contributed by atoms with Crippen LogP contribution >= 0.6 is 0 Å². The van der Waals surface area contributed by atoms with E-state index >= 15 is 0 Å². The molecule has 1 saturated carbocycles. The Morgan fingerprint density at radius 1 is 1.05 bits per heavy atom. The van der Waals surface area contributed by atoms with Gasteiger partial charge in [-0.1, -0.05) is 25.0 Å². The molecule has 3 rings (SSSR count). The van der Waals surface area contributed by atoms with Crippen LogP contribution in [0.4, 0.5) is 16.0 Å². The predicted molar refractivity (Wildman–Crippen MR) is 82.3 cm³/mol. The van der Waals surface area contributed by atoms with E-state index in [1.54, 1.807) is 18.2 Å². The third-order valence-electron chi connectivity index (χ3n) is 3.73. The number of rotatable bonds is 4. The summed E-state index contributed by atoms with van der Waals surface area (Å²) in [7, 11) is 0. The third kappa shape index (κ3) is 3.39. The van der Waals surface area contributed by atoms with Gasteiger partial charge in [0, 0.05) is 6.04 Å². The molecule has 0 radical (unpaired) electrons. The van der Waals surface area contributed by atoms with Gasteiger partial charge in [-0.05, 0) is 37.1 Å². The topological polar surface area (TPSA) is 66.9 Å². The number of nitrogens with one attached hydrogen (secondary N) is 2. The van der Waals surface area contributed by atoms with E-state index in [2.05, 4.69) is 20.8 Å². The number of carbonyl (C=O) groups is 1. The van der Waals surface area contributed by atoms with Crippen LogP contribution < -0.4 is 10.6 Å². The van der Waals surface area contributed by atoms with Gasteiger partial charge in [-0.25, -0.2) is 4.39 Å². The first-order valence-corrected chi connectivity index (χ1v) is 7.38. The van der Waals surface area contributed by atoms with Gasteiger partial charge in [-0.15, -0.1) is 10.2 Å². The van der Waals surface area contributed by atoms with Gasteiger partial charge in [0.15, 0.2) is 5.82 Å². The lowest BCUT2D eigenvalue weighted by Gasteiger charge is -2.12. The molecule has 114 valence electrons. The van der Waals surface area contributed by atoms with Gasteiger partial charge in [-0.3, -0.25) is 4.79 Å². The van der Waals surface area contributed by atoms with E-state index in [1.807, 2.05) is 0 Å². The third-order valence-corrected chi connectivity index (χ3v) is 3.73. The first-order valence-electron chi connectivity index (χ1n) is 7.38. The summed E-state index contributed by atoms with van der Waals surface area (Å²) in [6.45, 7) is 0. The molecule has 1 heterocycles. The molecule has 0 spiro atoms. The van der Waals surface area contributed by atoms with Crippen LogP contribution in [-0.2, 0) is 0 Å². The summed E-state index contributed by atoms with van der Waals surface area (Å²) >= 11 is 0. The van der Waals surface area contributed by atoms with Crippen LogP contribution in [0.5, 0.6) is 0 Å². The summed E-state index contributed by atoms with van der Waals surface area (Å²) in [5.41, 5.74) is -0.0162. The maximum Gasteiger partial charge on any atom is 0.259 e. The number of halogens is 1. The lowest BCUT2D eigenvalue weighted by atomic mass is 10.2. The highest BCUT2D eigenvalue weighted by Gasteiger charge is 2.15. The number of carbonyl (C=O) groups excluding carboxylic acids is 1. The van der Waals surface area contributed by atoms with Gasteiger partial charge in [0.2, 0.25) is 0 Å². The van der Waals surface area contributed by atoms with Gasteiger partial charge in [-0.2, -0.15) is 0 Å². The molecule has 6 heteroatoms. The molecule has 1 aliphatic rings. The second kappa shape index (κ2) is 6.51. The summed E-state index contributed by atoms with van der Waals surface area (Å²) in [6, 6.07) is 9.69. The molecule has 1 aromatic heterocycles. The molecular formula is C16H17FN4O. The van der Waals surface area contributed by atoms with Crippen LogP contribution in [0.1, 0.15) is 36.0 Å². The number of aromatic nitrogens is 2. The average molecular weight is 300 g/mol. The molecule has 1 fully saturated rings. The average Bonchev–Trinajstić information content (AvgIpc) is 3.02. The predicted octanol–water partition coefficient (Wildman–Crippen LogP) is 3.22. The molecule has 2 N–H and O–H groups in total. The highest BCUT2D eigenvalue weighted by molar-refractivity contribution is 6.03. The molecule has 22 heavy (non-hydrogen) atoms. The van der Waals surface area contributed by atoms with Gasteiger partial charge in [0.1, 0.15) is 11.6 Å². The molecule has 0 bridgehead atoms. The van der Waals surface area contributed by atoms with Crippen molar-refractivity contribution in [2.45, 2.75) is 31.7 Å². The van der Waals surface area contributed by atoms with E-state index in [1.165, 1.54) is 31.0 Å². The van der Waals surface area contributed by atoms with Gasteiger partial charge < -0.3 is 10.6 Å². The Hall–Kier alpha value is -2.50. The number of hydrogen-bond acceptors (Lipinski definition) is 4.